The summed E-state index contributed by atoms with van der Waals surface area (Å²) in [6.07, 6.45) is 0. The molecule has 0 radical (unpaired) electrons. The number of phenolic OH excluding ortho intramolecular Hbond substituents is 2. The number of aliphatic hydroxyl groups excluding tert-OH is 1. The molecule has 490 valence electrons. The number of benzene rings is 6. The van der Waals surface area contributed by atoms with E-state index < -0.39 is 151 Å². The van der Waals surface area contributed by atoms with Crippen molar-refractivity contribution in [3.8, 4) is 11.5 Å². The Morgan fingerprint density at radius 2 is 1.16 bits per heavy atom. The van der Waals surface area contributed by atoms with Crippen molar-refractivity contribution >= 4 is 177 Å². The van der Waals surface area contributed by atoms with Gasteiger partial charge in [0.15, 0.2) is 33.7 Å². The molecule has 8 aromatic rings. The third-order valence-corrected chi connectivity index (χ3v) is 18.4. The Bertz CT molecular complexity index is 4860. The smallest absolute Gasteiger partial charge is 0.744 e. The number of rotatable bonds is 29. The molecule has 0 aliphatic rings. The van der Waals surface area contributed by atoms with Crippen LogP contribution in [0, 0.1) is 6.92 Å². The molecular formula is C45H34Cl2N14Na6O24S7. The number of nitrogens with one attached hydrogen (secondary N) is 3. The van der Waals surface area contributed by atoms with Crippen LogP contribution in [0.1, 0.15) is 5.56 Å². The van der Waals surface area contributed by atoms with Gasteiger partial charge in [0.05, 0.1) is 88.5 Å². The molecule has 0 atom stereocenters. The van der Waals surface area contributed by atoms with E-state index in [0.29, 0.717) is 12.1 Å². The molecule has 6 N–H and O–H groups in total. The molecule has 0 aliphatic carbocycles. The van der Waals surface area contributed by atoms with E-state index in [1.807, 2.05) is 0 Å². The van der Waals surface area contributed by atoms with Gasteiger partial charge in [0.25, 0.3) is 0 Å². The number of sulfone groups is 1. The van der Waals surface area contributed by atoms with Gasteiger partial charge in [0.2, 0.25) is 34.4 Å². The van der Waals surface area contributed by atoms with Crippen LogP contribution in [0.25, 0.3) is 21.5 Å². The number of halogens is 2. The van der Waals surface area contributed by atoms with Gasteiger partial charge in [-0.1, -0.05) is 0 Å². The number of aryl methyl sites for hydroxylation is 1. The van der Waals surface area contributed by atoms with Crippen LogP contribution in [0.15, 0.2) is 129 Å². The second-order valence-electron chi connectivity index (χ2n) is 17.8. The molecule has 0 amide bonds. The van der Waals surface area contributed by atoms with E-state index in [-0.39, 0.29) is 276 Å². The van der Waals surface area contributed by atoms with E-state index in [1.165, 1.54) is 24.0 Å². The van der Waals surface area contributed by atoms with Crippen LogP contribution in [0.5, 0.6) is 11.5 Å². The molecule has 0 aliphatic heterocycles. The van der Waals surface area contributed by atoms with E-state index in [2.05, 4.69) is 85.1 Å². The van der Waals surface area contributed by atoms with Gasteiger partial charge in [-0.25, -0.2) is 42.1 Å². The van der Waals surface area contributed by atoms with E-state index in [9.17, 15) is 86.1 Å². The zero-order valence-electron chi connectivity index (χ0n) is 51.2. The van der Waals surface area contributed by atoms with Gasteiger partial charge in [0, 0.05) is 30.4 Å². The summed E-state index contributed by atoms with van der Waals surface area (Å²) in [7, 11) is -25.4. The Morgan fingerprint density at radius 1 is 0.582 bits per heavy atom. The number of phenols is 2. The molecule has 0 unspecified atom stereocenters. The summed E-state index contributed by atoms with van der Waals surface area (Å²) in [5.41, 5.74) is -2.55. The maximum Gasteiger partial charge on any atom is 1.00 e. The normalized spacial score (nSPS) is 11.8. The van der Waals surface area contributed by atoms with Crippen molar-refractivity contribution < 1.29 is 286 Å². The van der Waals surface area contributed by atoms with Crippen molar-refractivity contribution in [1.29, 1.82) is 0 Å². The third-order valence-electron chi connectivity index (χ3n) is 12.0. The van der Waals surface area contributed by atoms with Crippen LogP contribution in [-0.4, -0.2) is 144 Å². The fraction of sp³-hybridized carbons (Fsp3) is 0.156. The fourth-order valence-electron chi connectivity index (χ4n) is 8.11. The average molecular weight is 1590 g/mol. The van der Waals surface area contributed by atoms with Crippen LogP contribution in [0.3, 0.4) is 0 Å². The van der Waals surface area contributed by atoms with Crippen molar-refractivity contribution in [2.75, 3.05) is 59.5 Å². The number of azo groups is 2. The van der Waals surface area contributed by atoms with Crippen LogP contribution in [0.4, 0.5) is 57.9 Å². The Hall–Kier alpha value is -1.59. The van der Waals surface area contributed by atoms with Gasteiger partial charge >= 0.3 is 177 Å². The predicted octanol–water partition coefficient (Wildman–Crippen LogP) is -13.9. The fourth-order valence-corrected chi connectivity index (χ4v) is 12.7. The summed E-state index contributed by atoms with van der Waals surface area (Å²) in [6.45, 7) is -0.315. The minimum absolute atomic E-state index is 0. The molecule has 0 saturated heterocycles. The summed E-state index contributed by atoms with van der Waals surface area (Å²) in [6, 6.07) is 12.3. The molecule has 2 heterocycles. The molecular weight excluding hydrogens is 1550 g/mol. The van der Waals surface area contributed by atoms with Crippen LogP contribution in [-0.2, 0) is 73.2 Å². The van der Waals surface area contributed by atoms with Gasteiger partial charge in [-0.3, -0.25) is 14.3 Å². The maximum atomic E-state index is 12.8. The largest absolute Gasteiger partial charge is 1.00 e. The number of nitrogens with zero attached hydrogens (tertiary/aromatic N) is 11. The first kappa shape index (κ1) is 92.5. The standard InChI is InChI=1S/C45H40Cl2N14O24S7.6Na/c1-21-16-25(89(69,70)71)6-7-28(21)58-60-37-33(92(78,79)80)20-27-32(91(75,76)77)9-8-29(35(27)39(37)64)49-44-53-41(47)54-45(56-44)61(12-13-62)11-10-48-42-51-40(46)52-43(55-42)50-30-19-26(90(72,73)74)17-22-18-31(86-84-82-65)36(38(63)34(22)30)59-57-23-2-4-24(5-3-23)88(67,68)15-14-81-87-85-83-66;;;;;;/h2-9,16-20,62-66H,10-15H2,1H3,(H,69,70,71)(H,72,73,74)(H,75,76,77)(H,78,79,80)(H,49,53,54,56)(H2,48,50,51,52,55);;;;;;/q;6*+1/p-6. The monoisotopic (exact) mass is 1590 g/mol. The van der Waals surface area contributed by atoms with Crippen LogP contribution >= 0.6 is 47.6 Å². The first-order valence-electron chi connectivity index (χ1n) is 24.4. The molecule has 0 saturated carbocycles. The molecule has 0 bridgehead atoms. The minimum atomic E-state index is -5.71. The first-order chi connectivity index (χ1) is 43.3. The zero-order valence-corrected chi connectivity index (χ0v) is 70.4. The van der Waals surface area contributed by atoms with Crippen molar-refractivity contribution in [3.05, 3.63) is 95.0 Å². The molecule has 98 heavy (non-hydrogen) atoms. The number of fused-ring (bicyclic) bond motifs is 2. The quantitative estimate of drug-likeness (QED) is 0.00482. The van der Waals surface area contributed by atoms with Gasteiger partial charge in [0.1, 0.15) is 51.8 Å². The number of aliphatic hydroxyl groups is 1. The number of aromatic hydroxyl groups is 2. The number of aromatic nitrogens is 6. The average Bonchev–Trinajstić information content (AvgIpc) is 0.748. The van der Waals surface area contributed by atoms with E-state index in [1.54, 1.807) is 0 Å². The number of hydrogen-bond donors (Lipinski definition) is 6. The zero-order chi connectivity index (χ0) is 67.1. The van der Waals surface area contributed by atoms with E-state index >= 15 is 0 Å². The van der Waals surface area contributed by atoms with Gasteiger partial charge in [-0.2, -0.15) is 44.5 Å². The molecule has 2 aromatic heterocycles. The Labute approximate surface area is 706 Å². The molecule has 0 fully saturated rings. The van der Waals surface area contributed by atoms with Crippen molar-refractivity contribution in [2.24, 2.45) is 20.5 Å². The minimum Gasteiger partial charge on any atom is -0.744 e. The maximum absolute atomic E-state index is 12.8. The van der Waals surface area contributed by atoms with E-state index in [0.717, 1.165) is 54.6 Å². The van der Waals surface area contributed by atoms with Gasteiger partial charge in [-0.05, 0) is 120 Å². The SMILES string of the molecule is Cc1cc(S(=O)(=O)[O-])ccc1N=Nc1c(S(=O)(=O)[O-])cc2c(S(=O)(=O)[O-])ccc(Nc3nc(Cl)nc(N(CCO)CCNc4nc(Cl)nc(Nc5cc(S(=O)(=O)[O-])cc6cc(SOO[O-])c(N=Nc7ccc(S(=O)(=O)CCOSOO[O-])cc7)c(O)c56)n4)n3)c2c1O.[Na+].[Na+].[Na+].[Na+].[Na+].[Na+]. The molecule has 53 heteroatoms. The molecule has 0 spiro atoms. The molecule has 38 nitrogen and oxygen atoms in total. The second-order valence-corrected chi connectivity index (χ2v) is 27.3. The molecule has 8 rings (SSSR count). The Balaban J connectivity index is 0.00000544. The van der Waals surface area contributed by atoms with Gasteiger partial charge in [-0.15, -0.1) is 14.6 Å². The summed E-state index contributed by atoms with van der Waals surface area (Å²) in [5.74, 6) is -4.15. The Morgan fingerprint density at radius 3 is 1.77 bits per heavy atom. The van der Waals surface area contributed by atoms with E-state index in [4.69, 9.17) is 27.4 Å². The third kappa shape index (κ3) is 24.5. The summed E-state index contributed by atoms with van der Waals surface area (Å²) in [5, 5.41) is 81.7. The summed E-state index contributed by atoms with van der Waals surface area (Å²) < 4.78 is 186. The van der Waals surface area contributed by atoms with Crippen molar-refractivity contribution in [3.63, 3.8) is 0 Å². The number of hydrogen-bond acceptors (Lipinski definition) is 40. The first-order valence-corrected chi connectivity index (χ1v) is 33.9. The summed E-state index contributed by atoms with van der Waals surface area (Å²) in [4.78, 5) is 21.5. The summed E-state index contributed by atoms with van der Waals surface area (Å²) >= 11 is 12.9. The van der Waals surface area contributed by atoms with Crippen LogP contribution < -0.4 is 209 Å². The number of anilines is 6. The topological polar surface area (TPSA) is 582 Å². The van der Waals surface area contributed by atoms with Crippen molar-refractivity contribution in [1.82, 2.24) is 29.9 Å². The second kappa shape index (κ2) is 40.2. The molecule has 6 aromatic carbocycles. The van der Waals surface area contributed by atoms with Crippen LogP contribution in [0.2, 0.25) is 10.6 Å². The Kier molecular flexibility index (Phi) is 38.0. The van der Waals surface area contributed by atoms with Crippen molar-refractivity contribution in [2.45, 2.75) is 36.3 Å². The van der Waals surface area contributed by atoms with Gasteiger partial charge < -0.3 is 64.9 Å². The predicted molar refractivity (Wildman–Crippen MR) is 309 cm³/mol.